The van der Waals surface area contributed by atoms with E-state index < -0.39 is 0 Å². The van der Waals surface area contributed by atoms with Crippen LogP contribution >= 0.6 is 12.2 Å². The molecule has 1 aromatic rings. The van der Waals surface area contributed by atoms with Crippen molar-refractivity contribution in [2.45, 2.75) is 12.5 Å². The molecular formula is C9H11N5OS. The number of carbonyl (C=O) groups excluding carboxylic acids is 1. The van der Waals surface area contributed by atoms with Crippen LogP contribution in [0.15, 0.2) is 12.3 Å². The minimum Gasteiger partial charge on any atom is -0.388 e. The first kappa shape index (κ1) is 10.7. The van der Waals surface area contributed by atoms with Crippen molar-refractivity contribution < 1.29 is 4.79 Å². The van der Waals surface area contributed by atoms with Crippen LogP contribution in [0.25, 0.3) is 0 Å². The molecule has 84 valence electrons. The Labute approximate surface area is 97.6 Å². The standard InChI is InChI=1S/C9H11N5OS/c10-8(16)6-1-2-11-9(14-6)13-5-3-7(15)12-4-5/h1-2,5H,3-4H2,(H2,10,16)(H,12,15)(H,11,13,14). The Bertz CT molecular complexity index is 436. The number of hydrogen-bond acceptors (Lipinski definition) is 5. The van der Waals surface area contributed by atoms with Crippen molar-refractivity contribution in [1.29, 1.82) is 0 Å². The summed E-state index contributed by atoms with van der Waals surface area (Å²) in [6.45, 7) is 0.583. The predicted octanol–water partition coefficient (Wildman–Crippen LogP) is -0.589. The normalized spacial score (nSPS) is 19.2. The van der Waals surface area contributed by atoms with Crippen LogP contribution in [-0.4, -0.2) is 33.5 Å². The van der Waals surface area contributed by atoms with Gasteiger partial charge in [0.05, 0.1) is 6.04 Å². The van der Waals surface area contributed by atoms with Gasteiger partial charge in [-0.05, 0) is 6.07 Å². The van der Waals surface area contributed by atoms with E-state index in [1.165, 1.54) is 0 Å². The number of aromatic nitrogens is 2. The van der Waals surface area contributed by atoms with E-state index in [0.29, 0.717) is 24.6 Å². The van der Waals surface area contributed by atoms with Crippen LogP contribution < -0.4 is 16.4 Å². The molecule has 0 saturated carbocycles. The zero-order valence-corrected chi connectivity index (χ0v) is 9.25. The molecule has 1 saturated heterocycles. The lowest BCUT2D eigenvalue weighted by Crippen LogP contribution is -2.24. The van der Waals surface area contributed by atoms with E-state index in [1.54, 1.807) is 12.3 Å². The van der Waals surface area contributed by atoms with Gasteiger partial charge < -0.3 is 16.4 Å². The third-order valence-electron chi connectivity index (χ3n) is 2.22. The highest BCUT2D eigenvalue weighted by Crippen LogP contribution is 2.07. The van der Waals surface area contributed by atoms with Gasteiger partial charge in [-0.25, -0.2) is 9.97 Å². The average Bonchev–Trinajstić information content (AvgIpc) is 2.64. The van der Waals surface area contributed by atoms with E-state index in [1.807, 2.05) is 0 Å². The number of amides is 1. The van der Waals surface area contributed by atoms with Gasteiger partial charge in [0.15, 0.2) is 0 Å². The molecule has 1 aliphatic heterocycles. The maximum Gasteiger partial charge on any atom is 0.223 e. The lowest BCUT2D eigenvalue weighted by atomic mass is 10.2. The maximum absolute atomic E-state index is 11.0. The molecule has 6 nitrogen and oxygen atoms in total. The van der Waals surface area contributed by atoms with Gasteiger partial charge in [0, 0.05) is 19.2 Å². The number of thiocarbonyl (C=S) groups is 1. The molecule has 16 heavy (non-hydrogen) atoms. The van der Waals surface area contributed by atoms with Gasteiger partial charge in [0.25, 0.3) is 0 Å². The van der Waals surface area contributed by atoms with E-state index in [2.05, 4.69) is 20.6 Å². The van der Waals surface area contributed by atoms with Gasteiger partial charge in [-0.15, -0.1) is 0 Å². The molecule has 1 aliphatic rings. The van der Waals surface area contributed by atoms with E-state index in [-0.39, 0.29) is 16.9 Å². The van der Waals surface area contributed by atoms with E-state index in [9.17, 15) is 4.79 Å². The zero-order chi connectivity index (χ0) is 11.5. The van der Waals surface area contributed by atoms with Gasteiger partial charge in [-0.2, -0.15) is 0 Å². The van der Waals surface area contributed by atoms with Crippen LogP contribution in [0.4, 0.5) is 5.95 Å². The lowest BCUT2D eigenvalue weighted by molar-refractivity contribution is -0.119. The molecule has 1 unspecified atom stereocenters. The first-order valence-electron chi connectivity index (χ1n) is 4.81. The SMILES string of the molecule is NC(=S)c1ccnc(NC2CNC(=O)C2)n1. The van der Waals surface area contributed by atoms with Gasteiger partial charge in [-0.3, -0.25) is 4.79 Å². The Morgan fingerprint density at radius 3 is 3.12 bits per heavy atom. The van der Waals surface area contributed by atoms with Crippen molar-refractivity contribution in [2.24, 2.45) is 5.73 Å². The molecule has 7 heteroatoms. The van der Waals surface area contributed by atoms with Crippen molar-refractivity contribution in [2.75, 3.05) is 11.9 Å². The van der Waals surface area contributed by atoms with Crippen LogP contribution in [0.1, 0.15) is 12.1 Å². The monoisotopic (exact) mass is 237 g/mol. The van der Waals surface area contributed by atoms with Gasteiger partial charge in [0.2, 0.25) is 11.9 Å². The second-order valence-electron chi connectivity index (χ2n) is 3.48. The third-order valence-corrected chi connectivity index (χ3v) is 2.43. The smallest absolute Gasteiger partial charge is 0.223 e. The van der Waals surface area contributed by atoms with Crippen molar-refractivity contribution in [3.63, 3.8) is 0 Å². The highest BCUT2D eigenvalue weighted by Gasteiger charge is 2.21. The maximum atomic E-state index is 11.0. The summed E-state index contributed by atoms with van der Waals surface area (Å²) < 4.78 is 0. The Kier molecular flexibility index (Phi) is 2.95. The van der Waals surface area contributed by atoms with Gasteiger partial charge >= 0.3 is 0 Å². The number of carbonyl (C=O) groups is 1. The fraction of sp³-hybridized carbons (Fsp3) is 0.333. The molecule has 1 aromatic heterocycles. The van der Waals surface area contributed by atoms with Crippen LogP contribution in [-0.2, 0) is 4.79 Å². The largest absolute Gasteiger partial charge is 0.388 e. The Morgan fingerprint density at radius 1 is 1.69 bits per heavy atom. The quantitative estimate of drug-likeness (QED) is 0.609. The fourth-order valence-electron chi connectivity index (χ4n) is 1.46. The molecule has 0 aliphatic carbocycles. The number of nitrogens with two attached hydrogens (primary N) is 1. The summed E-state index contributed by atoms with van der Waals surface area (Å²) in [4.78, 5) is 19.4. The molecular weight excluding hydrogens is 226 g/mol. The van der Waals surface area contributed by atoms with Crippen molar-refractivity contribution in [3.05, 3.63) is 18.0 Å². The summed E-state index contributed by atoms with van der Waals surface area (Å²) >= 11 is 4.82. The molecule has 0 bridgehead atoms. The Hall–Kier alpha value is -1.76. The van der Waals surface area contributed by atoms with E-state index >= 15 is 0 Å². The highest BCUT2D eigenvalue weighted by atomic mass is 32.1. The summed E-state index contributed by atoms with van der Waals surface area (Å²) in [5, 5.41) is 5.77. The van der Waals surface area contributed by atoms with E-state index in [4.69, 9.17) is 18.0 Å². The first-order chi connectivity index (χ1) is 7.65. The molecule has 4 N–H and O–H groups in total. The second kappa shape index (κ2) is 4.40. The summed E-state index contributed by atoms with van der Waals surface area (Å²) in [6, 6.07) is 1.67. The number of nitrogens with one attached hydrogen (secondary N) is 2. The topological polar surface area (TPSA) is 92.9 Å². The Balaban J connectivity index is 2.07. The van der Waals surface area contributed by atoms with Crippen molar-refractivity contribution >= 4 is 29.1 Å². The summed E-state index contributed by atoms with van der Waals surface area (Å²) in [7, 11) is 0. The molecule has 0 radical (unpaired) electrons. The molecule has 1 atom stereocenters. The number of anilines is 1. The Morgan fingerprint density at radius 2 is 2.50 bits per heavy atom. The highest BCUT2D eigenvalue weighted by molar-refractivity contribution is 7.80. The molecule has 0 aromatic carbocycles. The summed E-state index contributed by atoms with van der Waals surface area (Å²) in [5.74, 6) is 0.467. The molecule has 2 heterocycles. The summed E-state index contributed by atoms with van der Waals surface area (Å²) in [5.41, 5.74) is 5.98. The van der Waals surface area contributed by atoms with Crippen LogP contribution in [0.3, 0.4) is 0 Å². The van der Waals surface area contributed by atoms with Crippen molar-refractivity contribution in [1.82, 2.24) is 15.3 Å². The minimum atomic E-state index is 0.0223. The third kappa shape index (κ3) is 2.43. The minimum absolute atomic E-state index is 0.0223. The van der Waals surface area contributed by atoms with Crippen LogP contribution in [0.5, 0.6) is 0 Å². The first-order valence-corrected chi connectivity index (χ1v) is 5.22. The average molecular weight is 237 g/mol. The predicted molar refractivity (Wildman–Crippen MR) is 63.0 cm³/mol. The molecule has 2 rings (SSSR count). The molecule has 1 amide bonds. The number of nitrogens with zero attached hydrogens (tertiary/aromatic N) is 2. The van der Waals surface area contributed by atoms with Crippen LogP contribution in [0.2, 0.25) is 0 Å². The second-order valence-corrected chi connectivity index (χ2v) is 3.92. The fourth-order valence-corrected chi connectivity index (χ4v) is 1.57. The van der Waals surface area contributed by atoms with E-state index in [0.717, 1.165) is 0 Å². The number of hydrogen-bond donors (Lipinski definition) is 3. The lowest BCUT2D eigenvalue weighted by Gasteiger charge is -2.10. The molecule has 1 fully saturated rings. The van der Waals surface area contributed by atoms with Crippen molar-refractivity contribution in [3.8, 4) is 0 Å². The van der Waals surface area contributed by atoms with Gasteiger partial charge in [-0.1, -0.05) is 12.2 Å². The summed E-state index contributed by atoms with van der Waals surface area (Å²) in [6.07, 6.45) is 2.01. The number of rotatable bonds is 3. The zero-order valence-electron chi connectivity index (χ0n) is 8.43. The molecule has 0 spiro atoms. The van der Waals surface area contributed by atoms with Crippen LogP contribution in [0, 0.1) is 0 Å². The van der Waals surface area contributed by atoms with Gasteiger partial charge in [0.1, 0.15) is 10.7 Å².